The Morgan fingerprint density at radius 1 is 1.06 bits per heavy atom. The molecule has 2 atom stereocenters. The van der Waals surface area contributed by atoms with Crippen molar-refractivity contribution in [1.82, 2.24) is 9.47 Å². The van der Waals surface area contributed by atoms with E-state index in [1.165, 1.54) is 27.8 Å². The smallest absolute Gasteiger partial charge is 0.406 e. The number of hydrogen-bond acceptors (Lipinski definition) is 4. The lowest BCUT2D eigenvalue weighted by Gasteiger charge is -2.39. The monoisotopic (exact) mass is 503 g/mol. The molecule has 1 fully saturated rings. The van der Waals surface area contributed by atoms with Crippen LogP contribution in [0.4, 0.5) is 34.1 Å². The summed E-state index contributed by atoms with van der Waals surface area (Å²) in [5, 5.41) is 5.95. The highest BCUT2D eigenvalue weighted by Gasteiger charge is 2.37. The van der Waals surface area contributed by atoms with Gasteiger partial charge in [-0.1, -0.05) is 24.3 Å². The number of amides is 4. The lowest BCUT2D eigenvalue weighted by atomic mass is 9.96. The zero-order valence-electron chi connectivity index (χ0n) is 19.2. The fourth-order valence-corrected chi connectivity index (χ4v) is 4.43. The molecule has 1 aliphatic rings. The predicted octanol–water partition coefficient (Wildman–Crippen LogP) is 4.88. The Bertz CT molecular complexity index is 1310. The van der Waals surface area contributed by atoms with E-state index in [0.717, 1.165) is 12.1 Å². The minimum absolute atomic E-state index is 0.102. The quantitative estimate of drug-likeness (QED) is 0.470. The first-order valence-electron chi connectivity index (χ1n) is 11.2. The number of likely N-dealkylation sites (tertiary alicyclic amines) is 1. The third-order valence-corrected chi connectivity index (χ3v) is 5.97. The Morgan fingerprint density at radius 3 is 2.53 bits per heavy atom. The van der Waals surface area contributed by atoms with Crippen molar-refractivity contribution in [3.05, 3.63) is 54.7 Å². The van der Waals surface area contributed by atoms with Gasteiger partial charge in [0.1, 0.15) is 11.8 Å². The number of carbonyl (C=O) groups is 3. The number of carbonyl (C=O) groups excluding carboxylic acids is 3. The number of alkyl halides is 3. The van der Waals surface area contributed by atoms with Crippen molar-refractivity contribution in [2.45, 2.75) is 44.6 Å². The van der Waals surface area contributed by atoms with Crippen LogP contribution in [0.15, 0.2) is 54.7 Å². The zero-order chi connectivity index (χ0) is 26.0. The molecule has 1 saturated heterocycles. The van der Waals surface area contributed by atoms with E-state index >= 15 is 0 Å². The van der Waals surface area contributed by atoms with Crippen molar-refractivity contribution < 1.29 is 32.3 Å². The molecular formula is C24H24F3N5O4. The lowest BCUT2D eigenvalue weighted by Crippen LogP contribution is -2.55. The molecule has 4 amide bonds. The van der Waals surface area contributed by atoms with Gasteiger partial charge in [0.15, 0.2) is 0 Å². The largest absolute Gasteiger partial charge is 0.573 e. The minimum Gasteiger partial charge on any atom is -0.406 e. The Labute approximate surface area is 204 Å². The topological polar surface area (TPSA) is 119 Å². The van der Waals surface area contributed by atoms with Crippen LogP contribution in [0.1, 0.15) is 26.2 Å². The van der Waals surface area contributed by atoms with Crippen LogP contribution in [0.2, 0.25) is 0 Å². The van der Waals surface area contributed by atoms with Crippen molar-refractivity contribution in [2.75, 3.05) is 10.6 Å². The number of para-hydroxylation sites is 1. The van der Waals surface area contributed by atoms with Gasteiger partial charge in [0.05, 0.1) is 11.2 Å². The summed E-state index contributed by atoms with van der Waals surface area (Å²) in [6, 6.07) is 9.38. The summed E-state index contributed by atoms with van der Waals surface area (Å²) in [6.07, 6.45) is -1.74. The predicted molar refractivity (Wildman–Crippen MR) is 127 cm³/mol. The van der Waals surface area contributed by atoms with E-state index in [1.807, 2.05) is 6.92 Å². The third-order valence-electron chi connectivity index (χ3n) is 5.97. The summed E-state index contributed by atoms with van der Waals surface area (Å²) in [5.74, 6) is -1.02. The van der Waals surface area contributed by atoms with Crippen molar-refractivity contribution in [3.63, 3.8) is 0 Å². The summed E-state index contributed by atoms with van der Waals surface area (Å²) in [7, 11) is 0. The van der Waals surface area contributed by atoms with Gasteiger partial charge >= 0.3 is 18.4 Å². The molecule has 36 heavy (non-hydrogen) atoms. The Kier molecular flexibility index (Phi) is 6.77. The summed E-state index contributed by atoms with van der Waals surface area (Å²) in [5.41, 5.74) is 6.41. The number of rotatable bonds is 4. The fraction of sp³-hybridized carbons (Fsp3) is 0.292. The number of nitrogens with one attached hydrogen (secondary N) is 2. The number of nitrogens with zero attached hydrogens (tertiary/aromatic N) is 2. The van der Waals surface area contributed by atoms with E-state index in [0.29, 0.717) is 35.9 Å². The molecule has 2 aromatic carbocycles. The molecule has 0 radical (unpaired) electrons. The Balaban J connectivity index is 1.55. The number of benzene rings is 2. The van der Waals surface area contributed by atoms with Gasteiger partial charge in [0, 0.05) is 29.4 Å². The summed E-state index contributed by atoms with van der Waals surface area (Å²) < 4.78 is 42.8. The number of primary amides is 1. The first-order valence-corrected chi connectivity index (χ1v) is 11.2. The molecule has 12 heteroatoms. The van der Waals surface area contributed by atoms with Gasteiger partial charge < -0.3 is 26.0 Å². The molecule has 4 rings (SSSR count). The molecule has 9 nitrogen and oxygen atoms in total. The van der Waals surface area contributed by atoms with E-state index in [-0.39, 0.29) is 11.7 Å². The van der Waals surface area contributed by atoms with Crippen LogP contribution in [-0.2, 0) is 4.79 Å². The number of halogens is 3. The highest BCUT2D eigenvalue weighted by atomic mass is 19.4. The standard InChI is InChI=1S/C24H24F3N5O4/c1-14-6-4-11-20(21(33)29-15-7-5-8-16(12-15)36-24(25,26)27)32(14)23(35)30-18-13-31(22(28)34)19-10-3-2-9-17(18)19/h2-3,5,7-10,12-14,20H,4,6,11H2,1H3,(H2,28,34)(H,29,33)(H,30,35)/t14-,20+/m1/s1. The van der Waals surface area contributed by atoms with E-state index in [2.05, 4.69) is 15.4 Å². The molecule has 0 bridgehead atoms. The zero-order valence-corrected chi connectivity index (χ0v) is 19.2. The number of anilines is 2. The number of hydrogen-bond donors (Lipinski definition) is 3. The van der Waals surface area contributed by atoms with Crippen molar-refractivity contribution in [1.29, 1.82) is 0 Å². The van der Waals surface area contributed by atoms with Gasteiger partial charge in [0.25, 0.3) is 0 Å². The summed E-state index contributed by atoms with van der Waals surface area (Å²) in [6.45, 7) is 1.81. The number of urea groups is 1. The molecule has 3 aromatic rings. The van der Waals surface area contributed by atoms with E-state index in [9.17, 15) is 27.6 Å². The second kappa shape index (κ2) is 9.80. The molecule has 0 aliphatic carbocycles. The summed E-state index contributed by atoms with van der Waals surface area (Å²) in [4.78, 5) is 39.7. The molecule has 0 spiro atoms. The molecule has 0 unspecified atom stereocenters. The molecule has 2 heterocycles. The molecular weight excluding hydrogens is 479 g/mol. The maximum atomic E-state index is 13.3. The van der Waals surface area contributed by atoms with Gasteiger partial charge in [-0.25, -0.2) is 9.59 Å². The van der Waals surface area contributed by atoms with Gasteiger partial charge in [-0.2, -0.15) is 0 Å². The third kappa shape index (κ3) is 5.37. The SMILES string of the molecule is C[C@@H]1CCC[C@@H](C(=O)Nc2cccc(OC(F)(F)F)c2)N1C(=O)Nc1cn(C(N)=O)c2ccccc12. The van der Waals surface area contributed by atoms with Crippen LogP contribution in [0, 0.1) is 0 Å². The van der Waals surface area contributed by atoms with Crippen LogP contribution in [0.25, 0.3) is 10.9 Å². The number of fused-ring (bicyclic) bond motifs is 1. The second-order valence-electron chi connectivity index (χ2n) is 8.47. The normalized spacial score (nSPS) is 18.1. The van der Waals surface area contributed by atoms with Crippen LogP contribution in [0.3, 0.4) is 0 Å². The minimum atomic E-state index is -4.87. The molecule has 1 aromatic heterocycles. The lowest BCUT2D eigenvalue weighted by molar-refractivity contribution is -0.274. The van der Waals surface area contributed by atoms with Crippen LogP contribution >= 0.6 is 0 Å². The van der Waals surface area contributed by atoms with Crippen LogP contribution in [0.5, 0.6) is 5.75 Å². The van der Waals surface area contributed by atoms with Crippen LogP contribution < -0.4 is 21.1 Å². The fourth-order valence-electron chi connectivity index (χ4n) is 4.43. The van der Waals surface area contributed by atoms with E-state index in [1.54, 1.807) is 24.3 Å². The number of aromatic nitrogens is 1. The number of nitrogens with two attached hydrogens (primary N) is 1. The molecule has 4 N–H and O–H groups in total. The first kappa shape index (κ1) is 24.9. The van der Waals surface area contributed by atoms with Crippen molar-refractivity contribution in [2.24, 2.45) is 5.73 Å². The highest BCUT2D eigenvalue weighted by molar-refractivity contribution is 6.06. The van der Waals surface area contributed by atoms with Crippen LogP contribution in [-0.4, -0.2) is 45.9 Å². The van der Waals surface area contributed by atoms with Crippen molar-refractivity contribution in [3.8, 4) is 5.75 Å². The number of piperidine rings is 1. The number of ether oxygens (including phenoxy) is 1. The maximum Gasteiger partial charge on any atom is 0.573 e. The van der Waals surface area contributed by atoms with Gasteiger partial charge in [-0.15, -0.1) is 13.2 Å². The van der Waals surface area contributed by atoms with Gasteiger partial charge in [-0.3, -0.25) is 9.36 Å². The Hall–Kier alpha value is -4.22. The first-order chi connectivity index (χ1) is 17.0. The second-order valence-corrected chi connectivity index (χ2v) is 8.47. The van der Waals surface area contributed by atoms with E-state index in [4.69, 9.17) is 5.73 Å². The maximum absolute atomic E-state index is 13.3. The average Bonchev–Trinajstić information content (AvgIpc) is 3.16. The molecule has 190 valence electrons. The Morgan fingerprint density at radius 2 is 1.81 bits per heavy atom. The van der Waals surface area contributed by atoms with Gasteiger partial charge in [-0.05, 0) is 44.4 Å². The molecule has 0 saturated carbocycles. The van der Waals surface area contributed by atoms with E-state index < -0.39 is 36.1 Å². The summed E-state index contributed by atoms with van der Waals surface area (Å²) >= 11 is 0. The van der Waals surface area contributed by atoms with Gasteiger partial charge in [0.2, 0.25) is 5.91 Å². The molecule has 1 aliphatic heterocycles. The highest BCUT2D eigenvalue weighted by Crippen LogP contribution is 2.30. The average molecular weight is 503 g/mol. The van der Waals surface area contributed by atoms with Crippen molar-refractivity contribution >= 4 is 40.2 Å².